The van der Waals surface area contributed by atoms with E-state index in [0.717, 1.165) is 50.5 Å². The van der Waals surface area contributed by atoms with E-state index in [2.05, 4.69) is 48.7 Å². The lowest BCUT2D eigenvalue weighted by Gasteiger charge is -2.14. The van der Waals surface area contributed by atoms with Gasteiger partial charge in [-0.1, -0.05) is 81.2 Å². The molecule has 5 nitrogen and oxygen atoms in total. The Morgan fingerprint density at radius 3 is 1.97 bits per heavy atom. The minimum Gasteiger partial charge on any atom is -0.508 e. The minimum atomic E-state index is -1.05. The number of hydrogen-bond acceptors (Lipinski definition) is 3. The van der Waals surface area contributed by atoms with Crippen molar-refractivity contribution in [2.75, 3.05) is 0 Å². The van der Waals surface area contributed by atoms with Crippen LogP contribution in [0.3, 0.4) is 0 Å². The Labute approximate surface area is 205 Å². The van der Waals surface area contributed by atoms with Crippen LogP contribution in [0.5, 0.6) is 5.75 Å². The Morgan fingerprint density at radius 1 is 0.824 bits per heavy atom. The van der Waals surface area contributed by atoms with Crippen LogP contribution in [0.2, 0.25) is 0 Å². The average Bonchev–Trinajstić information content (AvgIpc) is 2.82. The maximum absolute atomic E-state index is 12.1. The molecular formula is C29H43NO4. The Morgan fingerprint density at radius 2 is 1.38 bits per heavy atom. The predicted octanol–water partition coefficient (Wildman–Crippen LogP) is 6.87. The Kier molecular flexibility index (Phi) is 16.9. The highest BCUT2D eigenvalue weighted by molar-refractivity contribution is 5.83. The molecule has 1 atom stereocenters. The lowest BCUT2D eigenvalue weighted by Crippen LogP contribution is -2.42. The van der Waals surface area contributed by atoms with E-state index in [9.17, 15) is 19.8 Å². The zero-order chi connectivity index (χ0) is 24.9. The molecule has 1 amide bonds. The number of nitrogens with one attached hydrogen (secondary N) is 1. The normalized spacial score (nSPS) is 12.6. The number of carboxylic acids is 1. The number of carbonyl (C=O) groups is 2. The molecule has 0 bridgehead atoms. The van der Waals surface area contributed by atoms with Crippen molar-refractivity contribution in [3.63, 3.8) is 0 Å². The smallest absolute Gasteiger partial charge is 0.326 e. The highest BCUT2D eigenvalue weighted by Gasteiger charge is 2.20. The Hall–Kier alpha value is -2.82. The summed E-state index contributed by atoms with van der Waals surface area (Å²) in [5.41, 5.74) is 0.753. The monoisotopic (exact) mass is 469 g/mol. The highest BCUT2D eigenvalue weighted by atomic mass is 16.4. The molecule has 1 rings (SSSR count). The van der Waals surface area contributed by atoms with Gasteiger partial charge in [-0.2, -0.15) is 0 Å². The van der Waals surface area contributed by atoms with Crippen LogP contribution in [0.25, 0.3) is 0 Å². The summed E-state index contributed by atoms with van der Waals surface area (Å²) < 4.78 is 0. The van der Waals surface area contributed by atoms with Gasteiger partial charge in [-0.05, 0) is 62.6 Å². The van der Waals surface area contributed by atoms with Crippen LogP contribution >= 0.6 is 0 Å². The van der Waals surface area contributed by atoms with Crippen LogP contribution in [0.15, 0.2) is 60.7 Å². The number of carboxylic acid groups (broad SMARTS) is 1. The van der Waals surface area contributed by atoms with E-state index in [1.807, 2.05) is 0 Å². The second-order valence-electron chi connectivity index (χ2n) is 8.66. The van der Waals surface area contributed by atoms with Gasteiger partial charge in [0.05, 0.1) is 0 Å². The fourth-order valence-corrected chi connectivity index (χ4v) is 3.53. The van der Waals surface area contributed by atoms with Gasteiger partial charge in [-0.15, -0.1) is 0 Å². The lowest BCUT2D eigenvalue weighted by atomic mass is 10.1. The van der Waals surface area contributed by atoms with Crippen LogP contribution in [-0.2, 0) is 16.0 Å². The molecule has 0 spiro atoms. The summed E-state index contributed by atoms with van der Waals surface area (Å²) >= 11 is 0. The van der Waals surface area contributed by atoms with Gasteiger partial charge in [0.1, 0.15) is 11.8 Å². The van der Waals surface area contributed by atoms with Crippen LogP contribution in [0.4, 0.5) is 0 Å². The van der Waals surface area contributed by atoms with Gasteiger partial charge in [0.25, 0.3) is 0 Å². The molecule has 0 unspecified atom stereocenters. The standard InChI is InChI=1S/C29H43NO4/c1-2-3-4-5-6-7-8-9-10-11-12-13-14-15-16-17-18-19-28(32)30-27(29(33)34)24-25-20-22-26(31)23-21-25/h6-7,9-10,12-13,20-23,27,31H,2-5,8,11,14-19,24H2,1H3,(H,30,32)(H,33,34)/b7-6-,10-9-,13-12-/t27-/m0/s1. The second-order valence-corrected chi connectivity index (χ2v) is 8.66. The van der Waals surface area contributed by atoms with Gasteiger partial charge in [-0.25, -0.2) is 4.79 Å². The Bertz CT molecular complexity index is 765. The summed E-state index contributed by atoms with van der Waals surface area (Å²) in [6, 6.07) is 5.39. The SMILES string of the molecule is CCCCC/C=C\C/C=C\C/C=C\CCCCCCC(=O)N[C@@H](Cc1ccc(O)cc1)C(=O)O. The van der Waals surface area contributed by atoms with Gasteiger partial charge < -0.3 is 15.5 Å². The summed E-state index contributed by atoms with van der Waals surface area (Å²) in [6.45, 7) is 2.23. The number of aliphatic carboxylic acids is 1. The van der Waals surface area contributed by atoms with E-state index in [1.165, 1.54) is 37.8 Å². The zero-order valence-corrected chi connectivity index (χ0v) is 20.8. The average molecular weight is 470 g/mol. The molecular weight excluding hydrogens is 426 g/mol. The molecule has 0 radical (unpaired) electrons. The maximum atomic E-state index is 12.1. The zero-order valence-electron chi connectivity index (χ0n) is 20.8. The molecule has 188 valence electrons. The maximum Gasteiger partial charge on any atom is 0.326 e. The highest BCUT2D eigenvalue weighted by Crippen LogP contribution is 2.12. The first-order valence-electron chi connectivity index (χ1n) is 12.8. The molecule has 0 aliphatic heterocycles. The first-order valence-corrected chi connectivity index (χ1v) is 12.8. The fraction of sp³-hybridized carbons (Fsp3) is 0.517. The van der Waals surface area contributed by atoms with Gasteiger partial charge in [-0.3, -0.25) is 4.79 Å². The van der Waals surface area contributed by atoms with E-state index in [1.54, 1.807) is 12.1 Å². The van der Waals surface area contributed by atoms with Gasteiger partial charge in [0, 0.05) is 12.8 Å². The minimum absolute atomic E-state index is 0.128. The summed E-state index contributed by atoms with van der Waals surface area (Å²) in [5, 5.41) is 21.3. The molecule has 0 fully saturated rings. The van der Waals surface area contributed by atoms with Crippen molar-refractivity contribution in [3.05, 3.63) is 66.3 Å². The fourth-order valence-electron chi connectivity index (χ4n) is 3.53. The van der Waals surface area contributed by atoms with Crippen molar-refractivity contribution in [2.45, 2.75) is 96.4 Å². The van der Waals surface area contributed by atoms with Crippen molar-refractivity contribution in [3.8, 4) is 5.75 Å². The number of phenolic OH excluding ortho intramolecular Hbond substituents is 1. The molecule has 3 N–H and O–H groups in total. The third-order valence-corrected chi connectivity index (χ3v) is 5.55. The lowest BCUT2D eigenvalue weighted by molar-refractivity contribution is -0.141. The molecule has 0 heterocycles. The number of rotatable bonds is 19. The van der Waals surface area contributed by atoms with Crippen LogP contribution in [0, 0.1) is 0 Å². The first kappa shape index (κ1) is 29.2. The van der Waals surface area contributed by atoms with E-state index < -0.39 is 12.0 Å². The number of amides is 1. The molecule has 0 saturated heterocycles. The van der Waals surface area contributed by atoms with E-state index in [0.29, 0.717) is 6.42 Å². The van der Waals surface area contributed by atoms with Crippen molar-refractivity contribution in [2.24, 2.45) is 0 Å². The molecule has 0 aromatic heterocycles. The van der Waals surface area contributed by atoms with Gasteiger partial charge in [0.15, 0.2) is 0 Å². The van der Waals surface area contributed by atoms with Crippen molar-refractivity contribution in [1.82, 2.24) is 5.32 Å². The number of aromatic hydroxyl groups is 1. The van der Waals surface area contributed by atoms with Crippen LogP contribution < -0.4 is 5.32 Å². The summed E-state index contributed by atoms with van der Waals surface area (Å²) in [7, 11) is 0. The predicted molar refractivity (Wildman–Crippen MR) is 140 cm³/mol. The van der Waals surface area contributed by atoms with Gasteiger partial charge in [0.2, 0.25) is 5.91 Å². The summed E-state index contributed by atoms with van der Waals surface area (Å²) in [4.78, 5) is 23.6. The molecule has 0 aliphatic carbocycles. The van der Waals surface area contributed by atoms with E-state index >= 15 is 0 Å². The molecule has 1 aromatic carbocycles. The third-order valence-electron chi connectivity index (χ3n) is 5.55. The van der Waals surface area contributed by atoms with Crippen molar-refractivity contribution >= 4 is 11.9 Å². The van der Waals surface area contributed by atoms with Crippen molar-refractivity contribution < 1.29 is 19.8 Å². The number of hydrogen-bond donors (Lipinski definition) is 3. The first-order chi connectivity index (χ1) is 16.5. The number of benzene rings is 1. The van der Waals surface area contributed by atoms with Crippen LogP contribution in [0.1, 0.15) is 89.5 Å². The van der Waals surface area contributed by atoms with Crippen LogP contribution in [-0.4, -0.2) is 28.1 Å². The molecule has 5 heteroatoms. The van der Waals surface area contributed by atoms with E-state index in [-0.39, 0.29) is 18.1 Å². The summed E-state index contributed by atoms with van der Waals surface area (Å²) in [5.74, 6) is -1.15. The third kappa shape index (κ3) is 15.9. The van der Waals surface area contributed by atoms with Gasteiger partial charge >= 0.3 is 5.97 Å². The molecule has 0 aliphatic rings. The summed E-state index contributed by atoms with van der Waals surface area (Å²) in [6.07, 6.45) is 25.9. The number of carbonyl (C=O) groups excluding carboxylic acids is 1. The quantitative estimate of drug-likeness (QED) is 0.152. The molecule has 0 saturated carbocycles. The topological polar surface area (TPSA) is 86.6 Å². The molecule has 1 aromatic rings. The van der Waals surface area contributed by atoms with Crippen molar-refractivity contribution in [1.29, 1.82) is 0 Å². The molecule has 34 heavy (non-hydrogen) atoms. The number of phenols is 1. The Balaban J connectivity index is 2.06. The largest absolute Gasteiger partial charge is 0.508 e. The second kappa shape index (κ2) is 19.6. The number of unbranched alkanes of at least 4 members (excludes halogenated alkanes) is 7. The van der Waals surface area contributed by atoms with E-state index in [4.69, 9.17) is 0 Å². The number of allylic oxidation sites excluding steroid dienone is 6.